The lowest BCUT2D eigenvalue weighted by atomic mass is 9.99. The maximum absolute atomic E-state index is 5.08. The third kappa shape index (κ3) is 3.12. The van der Waals surface area contributed by atoms with E-state index in [1.54, 1.807) is 7.11 Å². The fraction of sp³-hybridized carbons (Fsp3) is 0.312. The summed E-state index contributed by atoms with van der Waals surface area (Å²) in [5.41, 5.74) is 3.59. The highest BCUT2D eigenvalue weighted by atomic mass is 16.5. The van der Waals surface area contributed by atoms with Crippen LogP contribution in [0.3, 0.4) is 0 Å². The molecule has 0 fully saturated rings. The molecule has 0 spiro atoms. The van der Waals surface area contributed by atoms with Gasteiger partial charge in [0.25, 0.3) is 0 Å². The van der Waals surface area contributed by atoms with Crippen LogP contribution in [0.25, 0.3) is 11.1 Å². The van der Waals surface area contributed by atoms with Crippen molar-refractivity contribution in [3.05, 3.63) is 48.2 Å². The Bertz CT molecular complexity index is 519. The highest BCUT2D eigenvalue weighted by Gasteiger charge is 2.07. The van der Waals surface area contributed by atoms with Gasteiger partial charge in [-0.2, -0.15) is 0 Å². The fourth-order valence-electron chi connectivity index (χ4n) is 2.21. The second-order valence-electron chi connectivity index (χ2n) is 4.46. The molecule has 0 radical (unpaired) electrons. The summed E-state index contributed by atoms with van der Waals surface area (Å²) in [5.74, 6) is 0.640. The number of pyridine rings is 1. The largest absolute Gasteiger partial charge is 0.481 e. The van der Waals surface area contributed by atoms with Gasteiger partial charge in [-0.05, 0) is 36.7 Å². The van der Waals surface area contributed by atoms with E-state index in [0.29, 0.717) is 11.9 Å². The van der Waals surface area contributed by atoms with Gasteiger partial charge in [0, 0.05) is 23.9 Å². The van der Waals surface area contributed by atoms with Gasteiger partial charge >= 0.3 is 0 Å². The van der Waals surface area contributed by atoms with Gasteiger partial charge in [-0.1, -0.05) is 25.1 Å². The van der Waals surface area contributed by atoms with E-state index >= 15 is 0 Å². The average Bonchev–Trinajstić information content (AvgIpc) is 2.49. The maximum Gasteiger partial charge on any atom is 0.212 e. The normalized spacial score (nSPS) is 12.2. The van der Waals surface area contributed by atoms with Gasteiger partial charge in [0.05, 0.1) is 7.11 Å². The van der Waals surface area contributed by atoms with Crippen LogP contribution < -0.4 is 10.1 Å². The zero-order valence-electron chi connectivity index (χ0n) is 11.7. The molecule has 100 valence electrons. The molecule has 1 aromatic carbocycles. The minimum atomic E-state index is 0.395. The van der Waals surface area contributed by atoms with Crippen LogP contribution in [0.1, 0.15) is 24.9 Å². The molecule has 0 aliphatic heterocycles. The summed E-state index contributed by atoms with van der Waals surface area (Å²) >= 11 is 0. The number of nitrogens with one attached hydrogen (secondary N) is 1. The van der Waals surface area contributed by atoms with Gasteiger partial charge in [0.2, 0.25) is 5.88 Å². The van der Waals surface area contributed by atoms with Gasteiger partial charge in [0.1, 0.15) is 0 Å². The van der Waals surface area contributed by atoms with Crippen LogP contribution in [0.15, 0.2) is 42.6 Å². The van der Waals surface area contributed by atoms with E-state index < -0.39 is 0 Å². The van der Waals surface area contributed by atoms with E-state index in [2.05, 4.69) is 41.5 Å². The van der Waals surface area contributed by atoms with Crippen LogP contribution in [0.2, 0.25) is 0 Å². The van der Waals surface area contributed by atoms with E-state index in [9.17, 15) is 0 Å². The van der Waals surface area contributed by atoms with Crippen LogP contribution in [0.4, 0.5) is 0 Å². The van der Waals surface area contributed by atoms with Crippen molar-refractivity contribution in [2.24, 2.45) is 0 Å². The Labute approximate surface area is 114 Å². The fourth-order valence-corrected chi connectivity index (χ4v) is 2.21. The summed E-state index contributed by atoms with van der Waals surface area (Å²) in [6, 6.07) is 12.9. The number of rotatable bonds is 5. The highest BCUT2D eigenvalue weighted by Crippen LogP contribution is 2.24. The quantitative estimate of drug-likeness (QED) is 0.890. The van der Waals surface area contributed by atoms with E-state index in [-0.39, 0.29) is 0 Å². The number of hydrogen-bond donors (Lipinski definition) is 1. The topological polar surface area (TPSA) is 34.1 Å². The first-order valence-electron chi connectivity index (χ1n) is 6.56. The predicted molar refractivity (Wildman–Crippen MR) is 78.3 cm³/mol. The van der Waals surface area contributed by atoms with Gasteiger partial charge in [0.15, 0.2) is 0 Å². The van der Waals surface area contributed by atoms with Crippen molar-refractivity contribution in [1.29, 1.82) is 0 Å². The molecule has 3 heteroatoms. The molecular formula is C16H20N2O. The van der Waals surface area contributed by atoms with Crippen molar-refractivity contribution < 1.29 is 4.74 Å². The number of benzene rings is 1. The van der Waals surface area contributed by atoms with E-state index in [4.69, 9.17) is 4.74 Å². The maximum atomic E-state index is 5.08. The Morgan fingerprint density at radius 3 is 2.63 bits per heavy atom. The molecule has 2 rings (SSSR count). The third-order valence-corrected chi connectivity index (χ3v) is 3.32. The third-order valence-electron chi connectivity index (χ3n) is 3.32. The van der Waals surface area contributed by atoms with Crippen LogP contribution in [0, 0.1) is 0 Å². The molecule has 2 aromatic rings. The monoisotopic (exact) mass is 256 g/mol. The Morgan fingerprint density at radius 1 is 1.21 bits per heavy atom. The lowest BCUT2D eigenvalue weighted by molar-refractivity contribution is 0.398. The molecule has 0 saturated carbocycles. The van der Waals surface area contributed by atoms with Crippen molar-refractivity contribution in [2.75, 3.05) is 14.2 Å². The van der Waals surface area contributed by atoms with E-state index in [0.717, 1.165) is 12.0 Å². The van der Waals surface area contributed by atoms with Crippen molar-refractivity contribution in [3.8, 4) is 17.0 Å². The second-order valence-corrected chi connectivity index (χ2v) is 4.46. The summed E-state index contributed by atoms with van der Waals surface area (Å²) in [7, 11) is 3.62. The molecule has 0 aliphatic rings. The SMILES string of the molecule is CCC(NC)c1cccc(-c2ccc(OC)nc2)c1. The molecule has 0 saturated heterocycles. The second kappa shape index (κ2) is 6.34. The predicted octanol–water partition coefficient (Wildman–Crippen LogP) is 3.43. The highest BCUT2D eigenvalue weighted by molar-refractivity contribution is 5.63. The number of nitrogens with zero attached hydrogens (tertiary/aromatic N) is 1. The molecule has 1 N–H and O–H groups in total. The number of hydrogen-bond acceptors (Lipinski definition) is 3. The molecular weight excluding hydrogens is 236 g/mol. The Morgan fingerprint density at radius 2 is 2.05 bits per heavy atom. The Kier molecular flexibility index (Phi) is 4.53. The van der Waals surface area contributed by atoms with E-state index in [1.165, 1.54) is 11.1 Å². The summed E-state index contributed by atoms with van der Waals surface area (Å²) in [5, 5.41) is 3.33. The van der Waals surface area contributed by atoms with Crippen LogP contribution in [-0.4, -0.2) is 19.1 Å². The average molecular weight is 256 g/mol. The summed E-state index contributed by atoms with van der Waals surface area (Å²) in [6.45, 7) is 2.18. The van der Waals surface area contributed by atoms with Gasteiger partial charge in [-0.15, -0.1) is 0 Å². The lowest BCUT2D eigenvalue weighted by Gasteiger charge is -2.15. The van der Waals surface area contributed by atoms with Crippen LogP contribution in [-0.2, 0) is 0 Å². The first kappa shape index (κ1) is 13.6. The number of aromatic nitrogens is 1. The molecule has 0 bridgehead atoms. The molecule has 0 aliphatic carbocycles. The minimum absolute atomic E-state index is 0.395. The first-order valence-corrected chi connectivity index (χ1v) is 6.56. The van der Waals surface area contributed by atoms with E-state index in [1.807, 2.05) is 25.4 Å². The molecule has 19 heavy (non-hydrogen) atoms. The van der Waals surface area contributed by atoms with Crippen LogP contribution in [0.5, 0.6) is 5.88 Å². The Hall–Kier alpha value is -1.87. The molecule has 0 amide bonds. The molecule has 3 nitrogen and oxygen atoms in total. The number of methoxy groups -OCH3 is 1. The van der Waals surface area contributed by atoms with Gasteiger partial charge in [-0.3, -0.25) is 0 Å². The molecule has 1 aromatic heterocycles. The van der Waals surface area contributed by atoms with Crippen molar-refractivity contribution >= 4 is 0 Å². The Balaban J connectivity index is 2.31. The van der Waals surface area contributed by atoms with Crippen molar-refractivity contribution in [1.82, 2.24) is 10.3 Å². The molecule has 1 unspecified atom stereocenters. The van der Waals surface area contributed by atoms with Gasteiger partial charge in [-0.25, -0.2) is 4.98 Å². The zero-order chi connectivity index (χ0) is 13.7. The summed E-state index contributed by atoms with van der Waals surface area (Å²) in [6.07, 6.45) is 2.92. The van der Waals surface area contributed by atoms with Crippen LogP contribution >= 0.6 is 0 Å². The first-order chi connectivity index (χ1) is 9.28. The smallest absolute Gasteiger partial charge is 0.212 e. The molecule has 1 atom stereocenters. The lowest BCUT2D eigenvalue weighted by Crippen LogP contribution is -2.15. The van der Waals surface area contributed by atoms with Gasteiger partial charge < -0.3 is 10.1 Å². The standard InChI is InChI=1S/C16H20N2O/c1-4-15(17-2)13-7-5-6-12(10-13)14-8-9-16(19-3)18-11-14/h5-11,15,17H,4H2,1-3H3. The van der Waals surface area contributed by atoms with Crippen molar-refractivity contribution in [3.63, 3.8) is 0 Å². The van der Waals surface area contributed by atoms with Crippen molar-refractivity contribution in [2.45, 2.75) is 19.4 Å². The number of ether oxygens (including phenoxy) is 1. The summed E-state index contributed by atoms with van der Waals surface area (Å²) < 4.78 is 5.08. The molecule has 1 heterocycles. The summed E-state index contributed by atoms with van der Waals surface area (Å²) in [4.78, 5) is 4.25. The zero-order valence-corrected chi connectivity index (χ0v) is 11.7. The minimum Gasteiger partial charge on any atom is -0.481 e.